The fraction of sp³-hybridized carbons (Fsp3) is 0.636. The van der Waals surface area contributed by atoms with Gasteiger partial charge in [-0.15, -0.1) is 0 Å². The van der Waals surface area contributed by atoms with Crippen molar-refractivity contribution >= 4 is 23.7 Å². The number of nitrogens with one attached hydrogen (secondary N) is 3. The van der Waals surface area contributed by atoms with Gasteiger partial charge >= 0.3 is 0 Å². The van der Waals surface area contributed by atoms with Gasteiger partial charge in [0.05, 0.1) is 18.1 Å². The molecule has 0 aromatic carbocycles. The molecule has 2 amide bonds. The molecule has 0 radical (unpaired) electrons. The topological polar surface area (TPSA) is 114 Å². The van der Waals surface area contributed by atoms with Gasteiger partial charge in [-0.2, -0.15) is 0 Å². The third-order valence-electron chi connectivity index (χ3n) is 5.47. The van der Waals surface area contributed by atoms with Crippen LogP contribution in [0.1, 0.15) is 70.4 Å². The molecule has 2 heterocycles. The van der Waals surface area contributed by atoms with Crippen LogP contribution in [0, 0.1) is 0 Å². The Balaban J connectivity index is 1.40. The normalized spacial score (nSPS) is 21.3. The second-order valence-corrected chi connectivity index (χ2v) is 8.10. The summed E-state index contributed by atoms with van der Waals surface area (Å²) in [5, 5.41) is 6.21. The Morgan fingerprint density at radius 1 is 1.10 bits per heavy atom. The van der Waals surface area contributed by atoms with E-state index in [1.54, 1.807) is 12.3 Å². The predicted molar refractivity (Wildman–Crippen MR) is 117 cm³/mol. The first-order chi connectivity index (χ1) is 15.1. The van der Waals surface area contributed by atoms with Gasteiger partial charge in [0.15, 0.2) is 6.29 Å². The molecule has 1 aromatic heterocycles. The van der Waals surface area contributed by atoms with Gasteiger partial charge in [-0.3, -0.25) is 14.6 Å². The molecular weight excluding hydrogens is 398 g/mol. The third kappa shape index (κ3) is 8.26. The Morgan fingerprint density at radius 3 is 2.55 bits per heavy atom. The zero-order valence-corrected chi connectivity index (χ0v) is 18.1. The number of nitrogens with zero attached hydrogens (tertiary/aromatic N) is 2. The van der Waals surface area contributed by atoms with Crippen molar-refractivity contribution in [3.05, 3.63) is 24.2 Å². The SMILES string of the molecule is C[C@@H](Nc1cnc(/C=C/C(=O)NOC2CCCCO2)cn1)C(=O)NC1CCCCCC1. The highest BCUT2D eigenvalue weighted by atomic mass is 16.8. The highest BCUT2D eigenvalue weighted by molar-refractivity contribution is 5.90. The van der Waals surface area contributed by atoms with E-state index in [4.69, 9.17) is 9.57 Å². The lowest BCUT2D eigenvalue weighted by Gasteiger charge is -2.21. The fourth-order valence-corrected chi connectivity index (χ4v) is 3.66. The standard InChI is InChI=1S/C22H33N5O4/c1-16(22(29)26-17-8-4-2-3-5-9-17)25-19-15-23-18(14-24-19)11-12-20(28)27-31-21-10-6-7-13-30-21/h11-12,14-17,21H,2-10,13H2,1H3,(H,24,25)(H,26,29)(H,27,28)/b12-11+/t16-,21?/m1/s1. The maximum absolute atomic E-state index is 12.4. The number of amides is 2. The average molecular weight is 432 g/mol. The van der Waals surface area contributed by atoms with Crippen LogP contribution < -0.4 is 16.1 Å². The van der Waals surface area contributed by atoms with Crippen molar-refractivity contribution in [3.63, 3.8) is 0 Å². The zero-order valence-electron chi connectivity index (χ0n) is 18.1. The van der Waals surface area contributed by atoms with Gasteiger partial charge in [0.25, 0.3) is 5.91 Å². The predicted octanol–water partition coefficient (Wildman–Crippen LogP) is 2.70. The monoisotopic (exact) mass is 431 g/mol. The fourth-order valence-electron chi connectivity index (χ4n) is 3.66. The zero-order chi connectivity index (χ0) is 21.9. The van der Waals surface area contributed by atoms with Crippen molar-refractivity contribution in [3.8, 4) is 0 Å². The summed E-state index contributed by atoms with van der Waals surface area (Å²) >= 11 is 0. The Morgan fingerprint density at radius 2 is 1.87 bits per heavy atom. The number of hydroxylamine groups is 1. The van der Waals surface area contributed by atoms with Gasteiger partial charge in [0.1, 0.15) is 11.9 Å². The minimum absolute atomic E-state index is 0.0312. The van der Waals surface area contributed by atoms with Crippen molar-refractivity contribution in [2.75, 3.05) is 11.9 Å². The van der Waals surface area contributed by atoms with Crippen LogP contribution in [0.15, 0.2) is 18.5 Å². The summed E-state index contributed by atoms with van der Waals surface area (Å²) in [6.07, 6.45) is 15.3. The molecule has 0 spiro atoms. The quantitative estimate of drug-likeness (QED) is 0.329. The number of aromatic nitrogens is 2. The Labute approximate surface area is 183 Å². The Kier molecular flexibility index (Phi) is 9.23. The lowest BCUT2D eigenvalue weighted by atomic mass is 10.1. The number of hydrogen-bond donors (Lipinski definition) is 3. The van der Waals surface area contributed by atoms with E-state index in [1.165, 1.54) is 38.0 Å². The van der Waals surface area contributed by atoms with Crippen LogP contribution >= 0.6 is 0 Å². The number of ether oxygens (including phenoxy) is 1. The number of carbonyl (C=O) groups excluding carboxylic acids is 2. The first-order valence-corrected chi connectivity index (χ1v) is 11.2. The van der Waals surface area contributed by atoms with Crippen molar-refractivity contribution in [2.45, 2.75) is 83.1 Å². The van der Waals surface area contributed by atoms with E-state index < -0.39 is 18.2 Å². The highest BCUT2D eigenvalue weighted by Gasteiger charge is 2.19. The minimum Gasteiger partial charge on any atom is -0.357 e. The van der Waals surface area contributed by atoms with Crippen LogP contribution in [0.2, 0.25) is 0 Å². The maximum atomic E-state index is 12.4. The molecule has 1 aliphatic heterocycles. The molecule has 1 aromatic rings. The minimum atomic E-state index is -0.413. The van der Waals surface area contributed by atoms with Gasteiger partial charge < -0.3 is 15.4 Å². The summed E-state index contributed by atoms with van der Waals surface area (Å²) in [7, 11) is 0. The lowest BCUT2D eigenvalue weighted by Crippen LogP contribution is -2.43. The van der Waals surface area contributed by atoms with E-state index in [0.717, 1.165) is 32.1 Å². The molecule has 0 bridgehead atoms. The Bertz CT molecular complexity index is 726. The number of carbonyl (C=O) groups is 2. The molecule has 3 N–H and O–H groups in total. The van der Waals surface area contributed by atoms with E-state index in [-0.39, 0.29) is 11.9 Å². The van der Waals surface area contributed by atoms with Crippen molar-refractivity contribution in [2.24, 2.45) is 0 Å². The molecular formula is C22H33N5O4. The lowest BCUT2D eigenvalue weighted by molar-refractivity contribution is -0.198. The summed E-state index contributed by atoms with van der Waals surface area (Å²) in [6, 6.07) is -0.151. The van der Waals surface area contributed by atoms with Crippen LogP contribution in [0.4, 0.5) is 5.82 Å². The summed E-state index contributed by atoms with van der Waals surface area (Å²) < 4.78 is 5.38. The van der Waals surface area contributed by atoms with Crippen molar-refractivity contribution < 1.29 is 19.2 Å². The Hall–Kier alpha value is -2.52. The molecule has 2 fully saturated rings. The largest absolute Gasteiger partial charge is 0.357 e. The van der Waals surface area contributed by atoms with Crippen LogP contribution in [-0.2, 0) is 19.2 Å². The molecule has 2 atom stereocenters. The number of rotatable bonds is 8. The van der Waals surface area contributed by atoms with Gasteiger partial charge in [0, 0.05) is 25.1 Å². The average Bonchev–Trinajstić information content (AvgIpc) is 3.06. The van der Waals surface area contributed by atoms with Gasteiger partial charge in [-0.1, -0.05) is 25.7 Å². The molecule has 1 saturated heterocycles. The van der Waals surface area contributed by atoms with Gasteiger partial charge in [-0.05, 0) is 38.7 Å². The van der Waals surface area contributed by atoms with E-state index in [9.17, 15) is 9.59 Å². The molecule has 1 saturated carbocycles. The number of anilines is 1. The first-order valence-electron chi connectivity index (χ1n) is 11.2. The van der Waals surface area contributed by atoms with E-state index in [1.807, 2.05) is 6.92 Å². The van der Waals surface area contributed by atoms with Crippen LogP contribution in [0.5, 0.6) is 0 Å². The van der Waals surface area contributed by atoms with Crippen molar-refractivity contribution in [1.82, 2.24) is 20.8 Å². The molecule has 9 heteroatoms. The molecule has 1 unspecified atom stereocenters. The van der Waals surface area contributed by atoms with Gasteiger partial charge in [0.2, 0.25) is 5.91 Å². The first kappa shape index (κ1) is 23.1. The second-order valence-electron chi connectivity index (χ2n) is 8.10. The summed E-state index contributed by atoms with van der Waals surface area (Å²) in [5.74, 6) is 0.0705. The maximum Gasteiger partial charge on any atom is 0.267 e. The van der Waals surface area contributed by atoms with Crippen molar-refractivity contribution in [1.29, 1.82) is 0 Å². The molecule has 31 heavy (non-hydrogen) atoms. The van der Waals surface area contributed by atoms with E-state index in [0.29, 0.717) is 18.1 Å². The number of hydrogen-bond acceptors (Lipinski definition) is 7. The van der Waals surface area contributed by atoms with Crippen LogP contribution in [-0.4, -0.2) is 46.8 Å². The van der Waals surface area contributed by atoms with E-state index >= 15 is 0 Å². The summed E-state index contributed by atoms with van der Waals surface area (Å²) in [6.45, 7) is 2.45. The van der Waals surface area contributed by atoms with Crippen LogP contribution in [0.25, 0.3) is 6.08 Å². The van der Waals surface area contributed by atoms with E-state index in [2.05, 4.69) is 26.1 Å². The summed E-state index contributed by atoms with van der Waals surface area (Å²) in [4.78, 5) is 38.0. The van der Waals surface area contributed by atoms with Gasteiger partial charge in [-0.25, -0.2) is 15.3 Å². The molecule has 1 aliphatic carbocycles. The summed E-state index contributed by atoms with van der Waals surface area (Å²) in [5.41, 5.74) is 2.87. The highest BCUT2D eigenvalue weighted by Crippen LogP contribution is 2.17. The molecule has 9 nitrogen and oxygen atoms in total. The second kappa shape index (κ2) is 12.4. The molecule has 2 aliphatic rings. The smallest absolute Gasteiger partial charge is 0.267 e. The molecule has 170 valence electrons. The molecule has 3 rings (SSSR count). The van der Waals surface area contributed by atoms with Crippen LogP contribution in [0.3, 0.4) is 0 Å². The third-order valence-corrected chi connectivity index (χ3v) is 5.47.